The first-order chi connectivity index (χ1) is 8.33. The molecule has 0 radical (unpaired) electrons. The number of likely N-dealkylation sites (tertiary alicyclic amines) is 1. The molecule has 96 valence electrons. The number of allylic oxidation sites excluding steroid dienone is 5. The van der Waals surface area contributed by atoms with Crippen LogP contribution in [0.5, 0.6) is 0 Å². The fourth-order valence-electron chi connectivity index (χ4n) is 2.17. The summed E-state index contributed by atoms with van der Waals surface area (Å²) < 4.78 is 11.7. The molecule has 0 aliphatic carbocycles. The number of halogens is 1. The number of hydrogen-bond acceptors (Lipinski definition) is 1. The van der Waals surface area contributed by atoms with Crippen molar-refractivity contribution in [2.24, 2.45) is 0 Å². The van der Waals surface area contributed by atoms with Crippen molar-refractivity contribution in [3.8, 4) is 0 Å². The first-order valence-corrected chi connectivity index (χ1v) is 6.64. The van der Waals surface area contributed by atoms with Crippen LogP contribution in [0.4, 0.5) is 4.39 Å². The molecule has 2 heteroatoms. The van der Waals surface area contributed by atoms with E-state index in [9.17, 15) is 4.39 Å². The van der Waals surface area contributed by atoms with Gasteiger partial charge < -0.3 is 4.90 Å². The summed E-state index contributed by atoms with van der Waals surface area (Å²) in [6.45, 7) is 5.92. The van der Waals surface area contributed by atoms with Gasteiger partial charge in [-0.15, -0.1) is 0 Å². The number of rotatable bonds is 6. The van der Waals surface area contributed by atoms with Gasteiger partial charge in [0.1, 0.15) is 0 Å². The van der Waals surface area contributed by atoms with E-state index in [1.54, 1.807) is 6.08 Å². The summed E-state index contributed by atoms with van der Waals surface area (Å²) in [5, 5.41) is 0. The van der Waals surface area contributed by atoms with E-state index in [1.165, 1.54) is 57.0 Å². The molecule has 0 spiro atoms. The molecule has 0 aromatic carbocycles. The van der Waals surface area contributed by atoms with Crippen molar-refractivity contribution in [1.82, 2.24) is 4.90 Å². The number of hydrogen-bond donors (Lipinski definition) is 0. The zero-order valence-corrected chi connectivity index (χ0v) is 10.9. The molecule has 1 aliphatic heterocycles. The first-order valence-electron chi connectivity index (χ1n) is 6.64. The van der Waals surface area contributed by atoms with Gasteiger partial charge in [0.2, 0.25) is 0 Å². The van der Waals surface area contributed by atoms with E-state index < -0.39 is 0 Å². The smallest absolute Gasteiger partial charge is 0.0866 e. The Kier molecular flexibility index (Phi) is 7.65. The van der Waals surface area contributed by atoms with Crippen molar-refractivity contribution in [3.63, 3.8) is 0 Å². The van der Waals surface area contributed by atoms with Crippen molar-refractivity contribution in [2.75, 3.05) is 19.6 Å². The summed E-state index contributed by atoms with van der Waals surface area (Å²) in [5.74, 6) is 0. The minimum absolute atomic E-state index is 0.552. The third-order valence-corrected chi connectivity index (χ3v) is 3.17. The highest BCUT2D eigenvalue weighted by atomic mass is 19.1. The maximum absolute atomic E-state index is 11.7. The lowest BCUT2D eigenvalue weighted by Gasteiger charge is -2.26. The molecule has 0 unspecified atom stereocenters. The minimum Gasteiger partial charge on any atom is -0.303 e. The Morgan fingerprint density at radius 3 is 2.59 bits per heavy atom. The molecule has 0 aromatic heterocycles. The van der Waals surface area contributed by atoms with Gasteiger partial charge >= 0.3 is 0 Å². The SMILES string of the molecule is C\C(=C/C=C\C=C\F)CCCN1CCCCC1. The second-order valence-corrected chi connectivity index (χ2v) is 4.72. The highest BCUT2D eigenvalue weighted by Crippen LogP contribution is 2.11. The van der Waals surface area contributed by atoms with Crippen molar-refractivity contribution in [3.05, 3.63) is 36.2 Å². The van der Waals surface area contributed by atoms with Gasteiger partial charge in [-0.25, -0.2) is 4.39 Å². The van der Waals surface area contributed by atoms with E-state index in [4.69, 9.17) is 0 Å². The normalized spacial score (nSPS) is 19.5. The van der Waals surface area contributed by atoms with E-state index in [1.807, 2.05) is 6.08 Å². The fourth-order valence-corrected chi connectivity index (χ4v) is 2.17. The standard InChI is InChI=1S/C15H24FN/c1-15(9-4-2-5-11-16)10-8-14-17-12-6-3-7-13-17/h2,4-5,9,11H,3,6-8,10,12-14H2,1H3/b4-2-,11-5+,15-9+. The fraction of sp³-hybridized carbons (Fsp3) is 0.600. The average Bonchev–Trinajstić information content (AvgIpc) is 2.36. The maximum atomic E-state index is 11.7. The van der Waals surface area contributed by atoms with Crippen LogP contribution in [0.1, 0.15) is 39.0 Å². The minimum atomic E-state index is 0.552. The molecule has 1 heterocycles. The lowest BCUT2D eigenvalue weighted by atomic mass is 10.1. The van der Waals surface area contributed by atoms with Crippen molar-refractivity contribution < 1.29 is 4.39 Å². The highest BCUT2D eigenvalue weighted by molar-refractivity contribution is 5.14. The van der Waals surface area contributed by atoms with E-state index >= 15 is 0 Å². The Labute approximate surface area is 105 Å². The van der Waals surface area contributed by atoms with Gasteiger partial charge in [-0.1, -0.05) is 30.2 Å². The lowest BCUT2D eigenvalue weighted by Crippen LogP contribution is -2.30. The summed E-state index contributed by atoms with van der Waals surface area (Å²) in [5.41, 5.74) is 1.37. The van der Waals surface area contributed by atoms with Crippen molar-refractivity contribution in [1.29, 1.82) is 0 Å². The second kappa shape index (κ2) is 9.17. The van der Waals surface area contributed by atoms with Gasteiger partial charge in [-0.2, -0.15) is 0 Å². The van der Waals surface area contributed by atoms with Crippen LogP contribution in [0.3, 0.4) is 0 Å². The topological polar surface area (TPSA) is 3.24 Å². The maximum Gasteiger partial charge on any atom is 0.0866 e. The predicted molar refractivity (Wildman–Crippen MR) is 72.7 cm³/mol. The predicted octanol–water partition coefficient (Wildman–Crippen LogP) is 4.24. The van der Waals surface area contributed by atoms with Crippen LogP contribution in [0, 0.1) is 0 Å². The molecule has 0 N–H and O–H groups in total. The third-order valence-electron chi connectivity index (χ3n) is 3.17. The Balaban J connectivity index is 2.12. The van der Waals surface area contributed by atoms with Gasteiger partial charge in [-0.3, -0.25) is 0 Å². The molecule has 0 saturated carbocycles. The molecule has 1 saturated heterocycles. The lowest BCUT2D eigenvalue weighted by molar-refractivity contribution is 0.226. The zero-order chi connectivity index (χ0) is 12.3. The largest absolute Gasteiger partial charge is 0.303 e. The molecule has 1 rings (SSSR count). The Morgan fingerprint density at radius 1 is 1.12 bits per heavy atom. The van der Waals surface area contributed by atoms with Gasteiger partial charge in [-0.05, 0) is 58.3 Å². The van der Waals surface area contributed by atoms with Crippen LogP contribution in [0.2, 0.25) is 0 Å². The van der Waals surface area contributed by atoms with Crippen molar-refractivity contribution >= 4 is 0 Å². The molecule has 1 aliphatic rings. The van der Waals surface area contributed by atoms with Gasteiger partial charge in [0.05, 0.1) is 6.33 Å². The quantitative estimate of drug-likeness (QED) is 0.625. The summed E-state index contributed by atoms with van der Waals surface area (Å²) in [7, 11) is 0. The Hall–Kier alpha value is -0.890. The van der Waals surface area contributed by atoms with Crippen LogP contribution in [0.15, 0.2) is 36.2 Å². The molecule has 17 heavy (non-hydrogen) atoms. The average molecular weight is 237 g/mol. The molecule has 0 amide bonds. The van der Waals surface area contributed by atoms with Crippen LogP contribution in [0.25, 0.3) is 0 Å². The molecular weight excluding hydrogens is 213 g/mol. The second-order valence-electron chi connectivity index (χ2n) is 4.72. The molecule has 0 bridgehead atoms. The zero-order valence-electron chi connectivity index (χ0n) is 10.9. The molecule has 1 fully saturated rings. The number of piperidine rings is 1. The van der Waals surface area contributed by atoms with E-state index in [-0.39, 0.29) is 0 Å². The Morgan fingerprint density at radius 2 is 1.88 bits per heavy atom. The van der Waals surface area contributed by atoms with Gasteiger partial charge in [0.25, 0.3) is 0 Å². The summed E-state index contributed by atoms with van der Waals surface area (Å²) in [6, 6.07) is 0. The Bertz CT molecular complexity index is 273. The van der Waals surface area contributed by atoms with E-state index in [0.29, 0.717) is 6.33 Å². The van der Waals surface area contributed by atoms with Crippen LogP contribution in [-0.2, 0) is 0 Å². The van der Waals surface area contributed by atoms with Gasteiger partial charge in [0, 0.05) is 0 Å². The molecular formula is C15H24FN. The van der Waals surface area contributed by atoms with E-state index in [0.717, 1.165) is 6.42 Å². The van der Waals surface area contributed by atoms with Crippen LogP contribution < -0.4 is 0 Å². The monoisotopic (exact) mass is 237 g/mol. The van der Waals surface area contributed by atoms with Crippen molar-refractivity contribution in [2.45, 2.75) is 39.0 Å². The van der Waals surface area contributed by atoms with Gasteiger partial charge in [0.15, 0.2) is 0 Å². The number of nitrogens with zero attached hydrogens (tertiary/aromatic N) is 1. The van der Waals surface area contributed by atoms with Crippen LogP contribution in [-0.4, -0.2) is 24.5 Å². The summed E-state index contributed by atoms with van der Waals surface area (Å²) in [4.78, 5) is 2.57. The third kappa shape index (κ3) is 7.11. The highest BCUT2D eigenvalue weighted by Gasteiger charge is 2.08. The van der Waals surface area contributed by atoms with E-state index in [2.05, 4.69) is 17.9 Å². The summed E-state index contributed by atoms with van der Waals surface area (Å²) >= 11 is 0. The molecule has 0 atom stereocenters. The molecule has 0 aromatic rings. The first kappa shape index (κ1) is 14.2. The molecule has 1 nitrogen and oxygen atoms in total. The summed E-state index contributed by atoms with van der Waals surface area (Å²) in [6.07, 6.45) is 14.1. The van der Waals surface area contributed by atoms with Crippen LogP contribution >= 0.6 is 0 Å².